The van der Waals surface area contributed by atoms with E-state index in [1.807, 2.05) is 0 Å². The Morgan fingerprint density at radius 3 is 2.48 bits per heavy atom. The van der Waals surface area contributed by atoms with Gasteiger partial charge in [0.05, 0.1) is 12.3 Å². The molecule has 3 aromatic rings. The molecule has 0 amide bonds. The average molecular weight is 581 g/mol. The lowest BCUT2D eigenvalue weighted by Gasteiger charge is -2.35. The van der Waals surface area contributed by atoms with Crippen molar-refractivity contribution in [2.75, 3.05) is 13.2 Å². The first kappa shape index (κ1) is 31.0. The number of rotatable bonds is 9. The number of aliphatic hydroxyl groups is 1. The lowest BCUT2D eigenvalue weighted by molar-refractivity contribution is -0.153. The van der Waals surface area contributed by atoms with Crippen LogP contribution in [0.4, 0.5) is 4.39 Å². The molecule has 0 spiro atoms. The Labute approximate surface area is 244 Å². The smallest absolute Gasteiger partial charge is 0.339 e. The van der Waals surface area contributed by atoms with Crippen LogP contribution in [0.15, 0.2) is 35.3 Å². The molecule has 1 saturated carbocycles. The van der Waals surface area contributed by atoms with Crippen molar-refractivity contribution in [2.45, 2.75) is 78.7 Å². The molecule has 2 heterocycles. The normalized spacial score (nSPS) is 16.3. The number of carbonyl (C=O) groups is 3. The van der Waals surface area contributed by atoms with Gasteiger partial charge in [-0.05, 0) is 62.6 Å². The van der Waals surface area contributed by atoms with Crippen LogP contribution in [0, 0.1) is 18.2 Å². The molecule has 2 aromatic heterocycles. The number of hydrogen-bond donors (Lipinski definition) is 1. The second-order valence-corrected chi connectivity index (χ2v) is 11.4. The van der Waals surface area contributed by atoms with Gasteiger partial charge in [0.15, 0.2) is 17.5 Å². The standard InChI is InChI=1S/C31H37FN4O6/c1-6-41-30(40)28(39)26-18(2)34-25-16-24(35-36(25)27(26)21-11-13-31(4,5)14-12-21)29(42-19(3)37)33-17-23(38)15-20-7-9-22(32)10-8-20/h7-10,16,21,28,39H,6,11-15,17H2,1-5H3/t28-/m0/s1. The molecule has 42 heavy (non-hydrogen) atoms. The molecule has 0 radical (unpaired) electrons. The topological polar surface area (TPSA) is 132 Å². The molecule has 1 atom stereocenters. The van der Waals surface area contributed by atoms with Crippen LogP contribution in [0.25, 0.3) is 5.65 Å². The molecule has 1 aliphatic carbocycles. The first-order chi connectivity index (χ1) is 19.9. The van der Waals surface area contributed by atoms with Crippen LogP contribution < -0.4 is 0 Å². The van der Waals surface area contributed by atoms with Crippen molar-refractivity contribution in [1.29, 1.82) is 0 Å². The van der Waals surface area contributed by atoms with Gasteiger partial charge in [-0.1, -0.05) is 26.0 Å². The van der Waals surface area contributed by atoms with Gasteiger partial charge in [0.2, 0.25) is 5.90 Å². The number of hydrogen-bond acceptors (Lipinski definition) is 9. The SMILES string of the molecule is CCOC(=O)[C@@H](O)c1c(C)nc2cc(C(=NCC(=O)Cc3ccc(F)cc3)OC(C)=O)nn2c1C1CCC(C)(C)CC1. The molecule has 1 fully saturated rings. The molecule has 4 rings (SSSR count). The minimum absolute atomic E-state index is 0.0274. The summed E-state index contributed by atoms with van der Waals surface area (Å²) in [6.45, 7) is 8.87. The van der Waals surface area contributed by atoms with Crippen molar-refractivity contribution in [3.63, 3.8) is 0 Å². The van der Waals surface area contributed by atoms with Gasteiger partial charge in [0.25, 0.3) is 0 Å². The van der Waals surface area contributed by atoms with Crippen LogP contribution in [0.1, 0.15) is 93.6 Å². The van der Waals surface area contributed by atoms with E-state index in [0.29, 0.717) is 28.2 Å². The number of aliphatic imine (C=N–C) groups is 1. The summed E-state index contributed by atoms with van der Waals surface area (Å²) in [6.07, 6.45) is 1.99. The van der Waals surface area contributed by atoms with E-state index < -0.39 is 23.9 Å². The van der Waals surface area contributed by atoms with Gasteiger partial charge in [-0.2, -0.15) is 5.10 Å². The average Bonchev–Trinajstić information content (AvgIpc) is 3.35. The predicted octanol–water partition coefficient (Wildman–Crippen LogP) is 4.58. The summed E-state index contributed by atoms with van der Waals surface area (Å²) >= 11 is 0. The van der Waals surface area contributed by atoms with Gasteiger partial charge >= 0.3 is 11.9 Å². The molecular weight excluding hydrogens is 543 g/mol. The van der Waals surface area contributed by atoms with Crippen LogP contribution in [0.5, 0.6) is 0 Å². The van der Waals surface area contributed by atoms with E-state index in [-0.39, 0.29) is 48.3 Å². The first-order valence-corrected chi connectivity index (χ1v) is 14.1. The first-order valence-electron chi connectivity index (χ1n) is 14.1. The maximum absolute atomic E-state index is 13.2. The molecule has 10 nitrogen and oxygen atoms in total. The lowest BCUT2D eigenvalue weighted by atomic mass is 9.71. The van der Waals surface area contributed by atoms with Crippen LogP contribution in [0.2, 0.25) is 0 Å². The number of carbonyl (C=O) groups excluding carboxylic acids is 3. The largest absolute Gasteiger partial charge is 0.464 e. The number of aliphatic hydroxyl groups excluding tert-OH is 1. The van der Waals surface area contributed by atoms with Crippen molar-refractivity contribution in [2.24, 2.45) is 10.4 Å². The number of esters is 2. The molecule has 0 saturated heterocycles. The maximum Gasteiger partial charge on any atom is 0.339 e. The number of benzene rings is 1. The predicted molar refractivity (Wildman–Crippen MR) is 153 cm³/mol. The fourth-order valence-corrected chi connectivity index (χ4v) is 5.35. The van der Waals surface area contributed by atoms with Gasteiger partial charge in [0.1, 0.15) is 18.1 Å². The number of nitrogens with zero attached hydrogens (tertiary/aromatic N) is 4. The Morgan fingerprint density at radius 2 is 1.86 bits per heavy atom. The zero-order valence-corrected chi connectivity index (χ0v) is 24.6. The summed E-state index contributed by atoms with van der Waals surface area (Å²) in [5.74, 6) is -2.26. The molecule has 0 aliphatic heterocycles. The van der Waals surface area contributed by atoms with Crippen molar-refractivity contribution in [3.8, 4) is 0 Å². The zero-order chi connectivity index (χ0) is 30.6. The van der Waals surface area contributed by atoms with Crippen molar-refractivity contribution in [3.05, 3.63) is 64.4 Å². The number of fused-ring (bicyclic) bond motifs is 1. The Balaban J connectivity index is 1.75. The Hall–Kier alpha value is -3.99. The lowest BCUT2D eigenvalue weighted by Crippen LogP contribution is -2.26. The van der Waals surface area contributed by atoms with E-state index >= 15 is 0 Å². The summed E-state index contributed by atoms with van der Waals surface area (Å²) in [5.41, 5.74) is 2.84. The molecule has 11 heteroatoms. The van der Waals surface area contributed by atoms with Crippen LogP contribution in [0.3, 0.4) is 0 Å². The van der Waals surface area contributed by atoms with Crippen molar-refractivity contribution in [1.82, 2.24) is 14.6 Å². The number of Topliss-reactive ketones (excluding diaryl/α,β-unsaturated/α-hetero) is 1. The molecule has 0 unspecified atom stereocenters. The van der Waals surface area contributed by atoms with Crippen LogP contribution in [-0.2, 0) is 30.3 Å². The number of aryl methyl sites for hydroxylation is 1. The van der Waals surface area contributed by atoms with E-state index in [4.69, 9.17) is 9.47 Å². The van der Waals surface area contributed by atoms with Gasteiger partial charge < -0.3 is 14.6 Å². The summed E-state index contributed by atoms with van der Waals surface area (Å²) in [5, 5.41) is 15.8. The van der Waals surface area contributed by atoms with Crippen LogP contribution in [-0.4, -0.2) is 56.5 Å². The fraction of sp³-hybridized carbons (Fsp3) is 0.484. The Morgan fingerprint density at radius 1 is 1.19 bits per heavy atom. The molecule has 1 aliphatic rings. The quantitative estimate of drug-likeness (QED) is 0.221. The summed E-state index contributed by atoms with van der Waals surface area (Å²) < 4.78 is 25.3. The van der Waals surface area contributed by atoms with E-state index in [1.165, 1.54) is 31.2 Å². The van der Waals surface area contributed by atoms with E-state index in [0.717, 1.165) is 25.7 Å². The minimum Gasteiger partial charge on any atom is -0.464 e. The highest BCUT2D eigenvalue weighted by Gasteiger charge is 2.35. The molecule has 0 bridgehead atoms. The van der Waals surface area contributed by atoms with E-state index in [1.54, 1.807) is 24.4 Å². The maximum atomic E-state index is 13.2. The number of ether oxygens (including phenoxy) is 2. The summed E-state index contributed by atoms with van der Waals surface area (Å²) in [7, 11) is 0. The second-order valence-electron chi connectivity index (χ2n) is 11.4. The van der Waals surface area contributed by atoms with E-state index in [2.05, 4.69) is 28.9 Å². The highest BCUT2D eigenvalue weighted by molar-refractivity contribution is 6.00. The number of ketones is 1. The number of aromatic nitrogens is 3. The monoisotopic (exact) mass is 580 g/mol. The third kappa shape index (κ3) is 7.25. The highest BCUT2D eigenvalue weighted by Crippen LogP contribution is 2.44. The summed E-state index contributed by atoms with van der Waals surface area (Å²) in [6, 6.07) is 7.20. The van der Waals surface area contributed by atoms with Gasteiger partial charge in [-0.25, -0.2) is 23.7 Å². The Bertz CT molecular complexity index is 1500. The van der Waals surface area contributed by atoms with Gasteiger partial charge in [-0.15, -0.1) is 0 Å². The zero-order valence-electron chi connectivity index (χ0n) is 24.6. The minimum atomic E-state index is -1.55. The molecule has 1 aromatic carbocycles. The van der Waals surface area contributed by atoms with Crippen LogP contribution >= 0.6 is 0 Å². The van der Waals surface area contributed by atoms with Gasteiger partial charge in [-0.3, -0.25) is 9.59 Å². The number of halogens is 1. The van der Waals surface area contributed by atoms with Crippen molar-refractivity contribution >= 4 is 29.3 Å². The third-order valence-electron chi connectivity index (χ3n) is 7.55. The van der Waals surface area contributed by atoms with Crippen molar-refractivity contribution < 1.29 is 33.4 Å². The molecule has 224 valence electrons. The third-order valence-corrected chi connectivity index (χ3v) is 7.55. The van der Waals surface area contributed by atoms with E-state index in [9.17, 15) is 23.9 Å². The molecule has 1 N–H and O–H groups in total. The highest BCUT2D eigenvalue weighted by atomic mass is 19.1. The molecular formula is C31H37FN4O6. The second kappa shape index (κ2) is 12.9. The van der Waals surface area contributed by atoms with Gasteiger partial charge in [0, 0.05) is 36.6 Å². The Kier molecular flexibility index (Phi) is 9.50. The summed E-state index contributed by atoms with van der Waals surface area (Å²) in [4.78, 5) is 46.1. The fourth-order valence-electron chi connectivity index (χ4n) is 5.35.